The summed E-state index contributed by atoms with van der Waals surface area (Å²) in [6.07, 6.45) is 37.6. The molecule has 0 unspecified atom stereocenters. The summed E-state index contributed by atoms with van der Waals surface area (Å²) >= 11 is 0. The topological polar surface area (TPSA) is 35.5 Å². The van der Waals surface area contributed by atoms with E-state index in [1.54, 1.807) is 0 Å². The van der Waals surface area contributed by atoms with Crippen molar-refractivity contribution in [1.29, 1.82) is 0 Å². The highest BCUT2D eigenvalue weighted by Gasteiger charge is 2.03. The van der Waals surface area contributed by atoms with Gasteiger partial charge in [-0.1, -0.05) is 167 Å². The standard InChI is InChI=1S/C31H60O3/c32-31-33-29-27-25-23-21-19-17-15-13-11-9-7-5-3-1-2-4-6-8-10-12-14-16-18-20-22-24-26-28-30-34-31/h1-30H2. The number of carbonyl (C=O) groups excluding carboxylic acids is 1. The van der Waals surface area contributed by atoms with Gasteiger partial charge in [-0.25, -0.2) is 4.79 Å². The van der Waals surface area contributed by atoms with Crippen LogP contribution in [0.5, 0.6) is 0 Å². The Hall–Kier alpha value is -0.730. The van der Waals surface area contributed by atoms with E-state index in [-0.39, 0.29) is 0 Å². The van der Waals surface area contributed by atoms with Crippen LogP contribution in [0.3, 0.4) is 0 Å². The normalized spacial score (nSPS) is 23.2. The van der Waals surface area contributed by atoms with Gasteiger partial charge in [-0.15, -0.1) is 0 Å². The third-order valence-corrected chi connectivity index (χ3v) is 7.48. The maximum atomic E-state index is 11.6. The molecule has 202 valence electrons. The molecule has 34 heavy (non-hydrogen) atoms. The Morgan fingerprint density at radius 2 is 0.412 bits per heavy atom. The largest absolute Gasteiger partial charge is 0.508 e. The maximum absolute atomic E-state index is 11.6. The van der Waals surface area contributed by atoms with Crippen molar-refractivity contribution in [2.75, 3.05) is 13.2 Å². The lowest BCUT2D eigenvalue weighted by Crippen LogP contribution is -2.09. The predicted molar refractivity (Wildman–Crippen MR) is 147 cm³/mol. The molecule has 0 bridgehead atoms. The van der Waals surface area contributed by atoms with Crippen LogP contribution in [0.2, 0.25) is 0 Å². The molecule has 0 radical (unpaired) electrons. The van der Waals surface area contributed by atoms with Gasteiger partial charge in [-0.3, -0.25) is 0 Å². The molecule has 1 saturated heterocycles. The fraction of sp³-hybridized carbons (Fsp3) is 0.968. The molecule has 0 aliphatic carbocycles. The van der Waals surface area contributed by atoms with E-state index in [0.717, 1.165) is 25.7 Å². The predicted octanol–water partition coefficient (Wildman–Crippen LogP) is 11.1. The number of cyclic esters (lactones) is 2. The Morgan fingerprint density at radius 3 is 0.588 bits per heavy atom. The lowest BCUT2D eigenvalue weighted by atomic mass is 10.0. The van der Waals surface area contributed by atoms with Crippen LogP contribution in [0, 0.1) is 0 Å². The van der Waals surface area contributed by atoms with Gasteiger partial charge in [0.05, 0.1) is 13.2 Å². The van der Waals surface area contributed by atoms with Crippen LogP contribution in [0.4, 0.5) is 4.79 Å². The third-order valence-electron chi connectivity index (χ3n) is 7.48. The van der Waals surface area contributed by atoms with Crippen LogP contribution in [0.15, 0.2) is 0 Å². The number of hydrogen-bond acceptors (Lipinski definition) is 3. The Labute approximate surface area is 213 Å². The van der Waals surface area contributed by atoms with Crippen molar-refractivity contribution in [2.24, 2.45) is 0 Å². The number of rotatable bonds is 0. The zero-order chi connectivity index (χ0) is 24.2. The molecule has 0 aromatic heterocycles. The van der Waals surface area contributed by atoms with Gasteiger partial charge in [-0.2, -0.15) is 0 Å². The van der Waals surface area contributed by atoms with E-state index in [9.17, 15) is 4.79 Å². The monoisotopic (exact) mass is 480 g/mol. The average molecular weight is 481 g/mol. The van der Waals surface area contributed by atoms with Crippen molar-refractivity contribution in [3.05, 3.63) is 0 Å². The van der Waals surface area contributed by atoms with Gasteiger partial charge in [0.15, 0.2) is 0 Å². The molecule has 0 aromatic rings. The summed E-state index contributed by atoms with van der Waals surface area (Å²) in [5.74, 6) is 0. The minimum atomic E-state index is -0.471. The second kappa shape index (κ2) is 26.9. The molecule has 0 aromatic carbocycles. The summed E-state index contributed by atoms with van der Waals surface area (Å²) < 4.78 is 10.4. The first-order valence-electron chi connectivity index (χ1n) is 15.7. The van der Waals surface area contributed by atoms with Crippen LogP contribution in [-0.2, 0) is 9.47 Å². The van der Waals surface area contributed by atoms with Crippen LogP contribution >= 0.6 is 0 Å². The summed E-state index contributed by atoms with van der Waals surface area (Å²) in [5, 5.41) is 0. The smallest absolute Gasteiger partial charge is 0.434 e. The molecule has 1 aliphatic rings. The van der Waals surface area contributed by atoms with E-state index >= 15 is 0 Å². The van der Waals surface area contributed by atoms with Gasteiger partial charge < -0.3 is 9.47 Å². The molecule has 1 heterocycles. The van der Waals surface area contributed by atoms with Crippen LogP contribution < -0.4 is 0 Å². The molecular formula is C31H60O3. The fourth-order valence-corrected chi connectivity index (χ4v) is 5.15. The zero-order valence-corrected chi connectivity index (χ0v) is 22.9. The molecule has 3 nitrogen and oxygen atoms in total. The highest BCUT2D eigenvalue weighted by atomic mass is 16.7. The van der Waals surface area contributed by atoms with E-state index in [1.807, 2.05) is 0 Å². The second-order valence-corrected chi connectivity index (χ2v) is 10.8. The maximum Gasteiger partial charge on any atom is 0.508 e. The fourth-order valence-electron chi connectivity index (χ4n) is 5.15. The summed E-state index contributed by atoms with van der Waals surface area (Å²) in [5.41, 5.74) is 0. The Balaban J connectivity index is 2.06. The molecular weight excluding hydrogens is 420 g/mol. The summed E-state index contributed by atoms with van der Waals surface area (Å²) in [6, 6.07) is 0. The van der Waals surface area contributed by atoms with Gasteiger partial charge in [0, 0.05) is 0 Å². The summed E-state index contributed by atoms with van der Waals surface area (Å²) in [6.45, 7) is 1.03. The first kappa shape index (κ1) is 31.3. The number of hydrogen-bond donors (Lipinski definition) is 0. The van der Waals surface area contributed by atoms with Crippen molar-refractivity contribution in [3.63, 3.8) is 0 Å². The summed E-state index contributed by atoms with van der Waals surface area (Å²) in [7, 11) is 0. The van der Waals surface area contributed by atoms with E-state index < -0.39 is 6.16 Å². The van der Waals surface area contributed by atoms with Crippen molar-refractivity contribution >= 4 is 6.16 Å². The van der Waals surface area contributed by atoms with Crippen LogP contribution in [-0.4, -0.2) is 19.4 Å². The van der Waals surface area contributed by atoms with Gasteiger partial charge in [0.25, 0.3) is 0 Å². The van der Waals surface area contributed by atoms with Gasteiger partial charge in [-0.05, 0) is 12.8 Å². The van der Waals surface area contributed by atoms with E-state index in [2.05, 4.69) is 0 Å². The Kier molecular flexibility index (Phi) is 24.7. The number of ether oxygens (including phenoxy) is 2. The number of carbonyl (C=O) groups is 1. The van der Waals surface area contributed by atoms with Crippen molar-refractivity contribution in [3.8, 4) is 0 Å². The highest BCUT2D eigenvalue weighted by molar-refractivity contribution is 5.59. The van der Waals surface area contributed by atoms with E-state index in [4.69, 9.17) is 9.47 Å². The lowest BCUT2D eigenvalue weighted by Gasteiger charge is -2.07. The highest BCUT2D eigenvalue weighted by Crippen LogP contribution is 2.16. The van der Waals surface area contributed by atoms with Crippen LogP contribution in [0.25, 0.3) is 0 Å². The average Bonchev–Trinajstić information content (AvgIpc) is 2.84. The molecule has 3 heteroatoms. The summed E-state index contributed by atoms with van der Waals surface area (Å²) in [4.78, 5) is 11.6. The molecule has 0 N–H and O–H groups in total. The minimum absolute atomic E-state index is 0.471. The van der Waals surface area contributed by atoms with Gasteiger partial charge >= 0.3 is 6.16 Å². The molecule has 0 amide bonds. The lowest BCUT2D eigenvalue weighted by molar-refractivity contribution is 0.0529. The van der Waals surface area contributed by atoms with E-state index in [0.29, 0.717) is 13.2 Å². The quantitative estimate of drug-likeness (QED) is 0.323. The third kappa shape index (κ3) is 24.4. The molecule has 1 aliphatic heterocycles. The van der Waals surface area contributed by atoms with Crippen molar-refractivity contribution < 1.29 is 14.3 Å². The molecule has 1 rings (SSSR count). The van der Waals surface area contributed by atoms with Crippen LogP contribution in [0.1, 0.15) is 180 Å². The van der Waals surface area contributed by atoms with Crippen molar-refractivity contribution in [2.45, 2.75) is 180 Å². The van der Waals surface area contributed by atoms with Gasteiger partial charge in [0.1, 0.15) is 0 Å². The minimum Gasteiger partial charge on any atom is -0.434 e. The first-order valence-corrected chi connectivity index (χ1v) is 15.7. The molecule has 0 saturated carbocycles. The first-order chi connectivity index (χ1) is 16.9. The zero-order valence-electron chi connectivity index (χ0n) is 22.9. The SMILES string of the molecule is O=C1OCCCCCCCCCCCCCCCCCCCCCCCCCCCCCCO1. The Bertz CT molecular complexity index is 373. The second-order valence-electron chi connectivity index (χ2n) is 10.8. The van der Waals surface area contributed by atoms with E-state index in [1.165, 1.54) is 154 Å². The van der Waals surface area contributed by atoms with Crippen molar-refractivity contribution in [1.82, 2.24) is 0 Å². The molecule has 0 atom stereocenters. The molecule has 0 spiro atoms. The Morgan fingerprint density at radius 1 is 0.265 bits per heavy atom. The van der Waals surface area contributed by atoms with Gasteiger partial charge in [0.2, 0.25) is 0 Å². The molecule has 1 fully saturated rings.